The first-order chi connectivity index (χ1) is 11.7. The summed E-state index contributed by atoms with van der Waals surface area (Å²) in [5.74, 6) is -2.99. The summed E-state index contributed by atoms with van der Waals surface area (Å²) in [6.07, 6.45) is -3.60. The summed E-state index contributed by atoms with van der Waals surface area (Å²) in [5, 5.41) is 5.20. The van der Waals surface area contributed by atoms with Crippen LogP contribution in [-0.4, -0.2) is 24.5 Å². The molecule has 0 heterocycles. The zero-order valence-corrected chi connectivity index (χ0v) is 14.4. The van der Waals surface area contributed by atoms with Crippen molar-refractivity contribution < 1.29 is 22.8 Å². The number of rotatable bonds is 4. The van der Waals surface area contributed by atoms with Gasteiger partial charge in [-0.15, -0.1) is 0 Å². The molecule has 1 fully saturated rings. The molecule has 0 aromatic heterocycles. The Kier molecular flexibility index (Phi) is 6.08. The van der Waals surface area contributed by atoms with E-state index in [0.29, 0.717) is 18.5 Å². The Hall–Kier alpha value is -2.05. The molecule has 25 heavy (non-hydrogen) atoms. The quantitative estimate of drug-likeness (QED) is 0.864. The van der Waals surface area contributed by atoms with Crippen LogP contribution in [0.3, 0.4) is 0 Å². The average Bonchev–Trinajstić information content (AvgIpc) is 2.55. The lowest BCUT2D eigenvalue weighted by atomic mass is 9.80. The summed E-state index contributed by atoms with van der Waals surface area (Å²) in [4.78, 5) is 24.1. The van der Waals surface area contributed by atoms with Crippen LogP contribution in [0.5, 0.6) is 0 Å². The molecule has 1 aliphatic rings. The Bertz CT molecular complexity index is 623. The van der Waals surface area contributed by atoms with Gasteiger partial charge in [0, 0.05) is 11.6 Å². The van der Waals surface area contributed by atoms with Crippen molar-refractivity contribution in [2.75, 3.05) is 11.9 Å². The van der Waals surface area contributed by atoms with E-state index in [2.05, 4.69) is 10.6 Å². The predicted molar refractivity (Wildman–Crippen MR) is 89.1 cm³/mol. The van der Waals surface area contributed by atoms with Crippen LogP contribution < -0.4 is 10.6 Å². The van der Waals surface area contributed by atoms with Crippen molar-refractivity contribution in [2.45, 2.75) is 45.7 Å². The van der Waals surface area contributed by atoms with Gasteiger partial charge in [-0.05, 0) is 44.2 Å². The van der Waals surface area contributed by atoms with E-state index in [-0.39, 0.29) is 19.4 Å². The molecule has 1 aromatic carbocycles. The zero-order chi connectivity index (χ0) is 18.6. The molecule has 0 saturated heterocycles. The molecule has 2 amide bonds. The number of carbonyl (C=O) groups is 2. The van der Waals surface area contributed by atoms with Crippen molar-refractivity contribution >= 4 is 17.5 Å². The molecule has 1 aliphatic carbocycles. The highest BCUT2D eigenvalue weighted by Gasteiger charge is 2.43. The van der Waals surface area contributed by atoms with Crippen LogP contribution in [0.25, 0.3) is 0 Å². The van der Waals surface area contributed by atoms with Crippen molar-refractivity contribution in [3.8, 4) is 0 Å². The smallest absolute Gasteiger partial charge is 0.347 e. The van der Waals surface area contributed by atoms with Gasteiger partial charge < -0.3 is 10.6 Å². The average molecular weight is 356 g/mol. The Balaban J connectivity index is 1.86. The molecule has 0 unspecified atom stereocenters. The Morgan fingerprint density at radius 1 is 1.16 bits per heavy atom. The van der Waals surface area contributed by atoms with Gasteiger partial charge in [0.2, 0.25) is 11.8 Å². The minimum atomic E-state index is -4.27. The van der Waals surface area contributed by atoms with E-state index >= 15 is 0 Å². The molecule has 138 valence electrons. The van der Waals surface area contributed by atoms with Crippen molar-refractivity contribution in [2.24, 2.45) is 11.8 Å². The van der Waals surface area contributed by atoms with Crippen LogP contribution >= 0.6 is 0 Å². The number of hydrogen-bond donors (Lipinski definition) is 2. The van der Waals surface area contributed by atoms with Gasteiger partial charge in [0.05, 0.1) is 12.5 Å². The number of halogens is 3. The largest absolute Gasteiger partial charge is 0.391 e. The second-order valence-corrected chi connectivity index (χ2v) is 6.63. The number of nitrogens with one attached hydrogen (secondary N) is 2. The first kappa shape index (κ1) is 19.3. The molecule has 0 spiro atoms. The third-order valence-electron chi connectivity index (χ3n) is 4.68. The van der Waals surface area contributed by atoms with Crippen LogP contribution in [0.4, 0.5) is 18.9 Å². The summed E-state index contributed by atoms with van der Waals surface area (Å²) in [6, 6.07) is 5.60. The minimum absolute atomic E-state index is 0.0698. The van der Waals surface area contributed by atoms with E-state index in [4.69, 9.17) is 0 Å². The molecule has 7 heteroatoms. The van der Waals surface area contributed by atoms with E-state index in [1.807, 2.05) is 32.0 Å². The van der Waals surface area contributed by atoms with E-state index in [9.17, 15) is 22.8 Å². The summed E-state index contributed by atoms with van der Waals surface area (Å²) < 4.78 is 38.4. The highest BCUT2D eigenvalue weighted by molar-refractivity contribution is 5.96. The maximum absolute atomic E-state index is 12.8. The Labute approximate surface area is 145 Å². The fraction of sp³-hybridized carbons (Fsp3) is 0.556. The summed E-state index contributed by atoms with van der Waals surface area (Å²) >= 11 is 0. The molecule has 0 radical (unpaired) electrons. The molecule has 0 aliphatic heterocycles. The molecular formula is C18H23F3N2O2. The van der Waals surface area contributed by atoms with Crippen LogP contribution in [0, 0.1) is 25.7 Å². The van der Waals surface area contributed by atoms with Gasteiger partial charge >= 0.3 is 6.18 Å². The molecular weight excluding hydrogens is 333 g/mol. The summed E-state index contributed by atoms with van der Waals surface area (Å²) in [6.45, 7) is 3.47. The number of benzene rings is 1. The lowest BCUT2D eigenvalue weighted by Gasteiger charge is -2.29. The topological polar surface area (TPSA) is 58.2 Å². The Morgan fingerprint density at radius 3 is 2.40 bits per heavy atom. The third kappa shape index (κ3) is 5.21. The maximum atomic E-state index is 12.8. The molecule has 2 rings (SSSR count). The number of anilines is 1. The standard InChI is InChI=1S/C18H23F3N2O2/c1-11-5-3-6-12(2)16(11)23-15(24)10-22-17(25)13-7-4-8-14(9-13)18(19,20)21/h3,5-6,13-14H,4,7-10H2,1-2H3,(H,22,25)(H,23,24)/t13-,14+/m1/s1. The van der Waals surface area contributed by atoms with Gasteiger partial charge in [0.25, 0.3) is 0 Å². The van der Waals surface area contributed by atoms with Crippen molar-refractivity contribution in [1.82, 2.24) is 5.32 Å². The highest BCUT2D eigenvalue weighted by atomic mass is 19.4. The predicted octanol–water partition coefficient (Wildman–Crippen LogP) is 3.73. The lowest BCUT2D eigenvalue weighted by molar-refractivity contribution is -0.186. The molecule has 2 atom stereocenters. The first-order valence-corrected chi connectivity index (χ1v) is 8.39. The van der Waals surface area contributed by atoms with Crippen LogP contribution in [-0.2, 0) is 9.59 Å². The van der Waals surface area contributed by atoms with Crippen LogP contribution in [0.1, 0.15) is 36.8 Å². The number of alkyl halides is 3. The van der Waals surface area contributed by atoms with Gasteiger partial charge in [0.1, 0.15) is 0 Å². The van der Waals surface area contributed by atoms with E-state index in [1.54, 1.807) is 0 Å². The van der Waals surface area contributed by atoms with Gasteiger partial charge in [0.15, 0.2) is 0 Å². The van der Waals surface area contributed by atoms with Crippen LogP contribution in [0.2, 0.25) is 0 Å². The highest BCUT2D eigenvalue weighted by Crippen LogP contribution is 2.39. The first-order valence-electron chi connectivity index (χ1n) is 8.39. The monoisotopic (exact) mass is 356 g/mol. The summed E-state index contributed by atoms with van der Waals surface area (Å²) in [7, 11) is 0. The fourth-order valence-electron chi connectivity index (χ4n) is 3.23. The van der Waals surface area contributed by atoms with E-state index in [1.165, 1.54) is 0 Å². The fourth-order valence-corrected chi connectivity index (χ4v) is 3.23. The van der Waals surface area contributed by atoms with Gasteiger partial charge in [-0.1, -0.05) is 24.6 Å². The number of carbonyl (C=O) groups excluding carboxylic acids is 2. The molecule has 0 bridgehead atoms. The number of amides is 2. The van der Waals surface area contributed by atoms with Crippen LogP contribution in [0.15, 0.2) is 18.2 Å². The van der Waals surface area contributed by atoms with Gasteiger partial charge in [-0.2, -0.15) is 13.2 Å². The zero-order valence-electron chi connectivity index (χ0n) is 14.4. The number of para-hydroxylation sites is 1. The second kappa shape index (κ2) is 7.89. The second-order valence-electron chi connectivity index (χ2n) is 6.63. The van der Waals surface area contributed by atoms with Crippen molar-refractivity contribution in [3.05, 3.63) is 29.3 Å². The molecule has 4 nitrogen and oxygen atoms in total. The molecule has 1 aromatic rings. The van der Waals surface area contributed by atoms with Crippen molar-refractivity contribution in [1.29, 1.82) is 0 Å². The Morgan fingerprint density at radius 2 is 1.80 bits per heavy atom. The number of hydrogen-bond acceptors (Lipinski definition) is 2. The number of aryl methyl sites for hydroxylation is 2. The van der Waals surface area contributed by atoms with Gasteiger partial charge in [-0.3, -0.25) is 9.59 Å². The molecule has 2 N–H and O–H groups in total. The van der Waals surface area contributed by atoms with E-state index in [0.717, 1.165) is 11.1 Å². The maximum Gasteiger partial charge on any atom is 0.391 e. The summed E-state index contributed by atoms with van der Waals surface area (Å²) in [5.41, 5.74) is 2.50. The minimum Gasteiger partial charge on any atom is -0.347 e. The normalized spacial score (nSPS) is 20.8. The van der Waals surface area contributed by atoms with Crippen molar-refractivity contribution in [3.63, 3.8) is 0 Å². The third-order valence-corrected chi connectivity index (χ3v) is 4.68. The van der Waals surface area contributed by atoms with E-state index < -0.39 is 29.8 Å². The van der Waals surface area contributed by atoms with Gasteiger partial charge in [-0.25, -0.2) is 0 Å². The molecule has 1 saturated carbocycles. The lowest BCUT2D eigenvalue weighted by Crippen LogP contribution is -2.40. The SMILES string of the molecule is Cc1cccc(C)c1NC(=O)CNC(=O)[C@@H]1CCC[C@H](C(F)(F)F)C1.